The molecule has 1 unspecified atom stereocenters. The first kappa shape index (κ1) is 14.4. The molecule has 0 aromatic heterocycles. The van der Waals surface area contributed by atoms with Crippen molar-refractivity contribution in [1.82, 2.24) is 4.90 Å². The lowest BCUT2D eigenvalue weighted by molar-refractivity contribution is -0.384. The second kappa shape index (κ2) is 6.29. The van der Waals surface area contributed by atoms with E-state index in [1.807, 2.05) is 11.9 Å². The summed E-state index contributed by atoms with van der Waals surface area (Å²) in [6.45, 7) is 2.63. The normalized spacial score (nSPS) is 12.5. The largest absolute Gasteiger partial charge is 0.392 e. The summed E-state index contributed by atoms with van der Waals surface area (Å²) in [4.78, 5) is 12.1. The summed E-state index contributed by atoms with van der Waals surface area (Å²) in [5, 5.41) is 20.0. The van der Waals surface area contributed by atoms with E-state index in [-0.39, 0.29) is 5.69 Å². The fourth-order valence-electron chi connectivity index (χ4n) is 1.77. The van der Waals surface area contributed by atoms with Crippen molar-refractivity contribution in [1.29, 1.82) is 0 Å². The Labute approximate surface area is 105 Å². The predicted octanol–water partition coefficient (Wildman–Crippen LogP) is 0.693. The van der Waals surface area contributed by atoms with Crippen LogP contribution in [-0.2, 0) is 6.54 Å². The van der Waals surface area contributed by atoms with Crippen molar-refractivity contribution < 1.29 is 10.0 Å². The first-order chi connectivity index (χ1) is 8.43. The maximum atomic E-state index is 10.7. The van der Waals surface area contributed by atoms with Crippen LogP contribution in [0.1, 0.15) is 12.5 Å². The van der Waals surface area contributed by atoms with Crippen molar-refractivity contribution in [2.45, 2.75) is 19.6 Å². The van der Waals surface area contributed by atoms with Crippen LogP contribution in [0.4, 0.5) is 11.4 Å². The van der Waals surface area contributed by atoms with Gasteiger partial charge in [0.25, 0.3) is 5.69 Å². The van der Waals surface area contributed by atoms with Gasteiger partial charge < -0.3 is 10.5 Å². The standard InChI is InChI=1S/C11H18N4O3/c1-8(16)6-14(2)7-9-5-10(15(17)18)3-4-11(9)13-12/h3-5,8,13,16H,6-7,12H2,1-2H3. The Morgan fingerprint density at radius 1 is 1.61 bits per heavy atom. The van der Waals surface area contributed by atoms with Crippen LogP contribution in [0.5, 0.6) is 0 Å². The fourth-order valence-corrected chi connectivity index (χ4v) is 1.77. The Kier molecular flexibility index (Phi) is 5.02. The van der Waals surface area contributed by atoms with Crippen LogP contribution in [0.25, 0.3) is 0 Å². The third-order valence-electron chi connectivity index (χ3n) is 2.47. The number of aliphatic hydroxyl groups is 1. The van der Waals surface area contributed by atoms with Crippen molar-refractivity contribution in [2.24, 2.45) is 5.84 Å². The molecule has 0 aliphatic heterocycles. The van der Waals surface area contributed by atoms with Crippen molar-refractivity contribution in [2.75, 3.05) is 19.0 Å². The minimum absolute atomic E-state index is 0.0226. The van der Waals surface area contributed by atoms with Crippen molar-refractivity contribution in [3.63, 3.8) is 0 Å². The average Bonchev–Trinajstić information content (AvgIpc) is 2.27. The van der Waals surface area contributed by atoms with Gasteiger partial charge >= 0.3 is 0 Å². The Bertz CT molecular complexity index is 423. The molecule has 18 heavy (non-hydrogen) atoms. The van der Waals surface area contributed by atoms with Gasteiger partial charge in [-0.2, -0.15) is 0 Å². The van der Waals surface area contributed by atoms with Crippen LogP contribution in [-0.4, -0.2) is 34.6 Å². The van der Waals surface area contributed by atoms with Crippen LogP contribution < -0.4 is 11.3 Å². The SMILES string of the molecule is CC(O)CN(C)Cc1cc([N+](=O)[O-])ccc1NN. The number of anilines is 1. The highest BCUT2D eigenvalue weighted by molar-refractivity contribution is 5.55. The molecular weight excluding hydrogens is 236 g/mol. The third kappa shape index (κ3) is 3.95. The molecule has 4 N–H and O–H groups in total. The van der Waals surface area contributed by atoms with E-state index in [9.17, 15) is 15.2 Å². The molecule has 7 heteroatoms. The molecule has 0 amide bonds. The highest BCUT2D eigenvalue weighted by Gasteiger charge is 2.12. The minimum atomic E-state index is -0.456. The maximum absolute atomic E-state index is 10.7. The summed E-state index contributed by atoms with van der Waals surface area (Å²) in [6.07, 6.45) is -0.456. The van der Waals surface area contributed by atoms with Gasteiger partial charge in [0.15, 0.2) is 0 Å². The Morgan fingerprint density at radius 3 is 2.78 bits per heavy atom. The second-order valence-electron chi connectivity index (χ2n) is 4.29. The molecule has 0 heterocycles. The minimum Gasteiger partial charge on any atom is -0.392 e. The first-order valence-electron chi connectivity index (χ1n) is 5.54. The number of nitro benzene ring substituents is 1. The lowest BCUT2D eigenvalue weighted by Crippen LogP contribution is -2.27. The van der Waals surface area contributed by atoms with Crippen molar-refractivity contribution >= 4 is 11.4 Å². The van der Waals surface area contributed by atoms with Crippen LogP contribution in [0, 0.1) is 10.1 Å². The molecule has 1 aromatic rings. The van der Waals surface area contributed by atoms with E-state index in [4.69, 9.17) is 5.84 Å². The van der Waals surface area contributed by atoms with E-state index in [1.165, 1.54) is 12.1 Å². The monoisotopic (exact) mass is 254 g/mol. The van der Waals surface area contributed by atoms with E-state index in [2.05, 4.69) is 5.43 Å². The number of nitro groups is 1. The number of non-ortho nitro benzene ring substituents is 1. The van der Waals surface area contributed by atoms with E-state index >= 15 is 0 Å². The van der Waals surface area contributed by atoms with E-state index in [0.717, 1.165) is 5.56 Å². The lowest BCUT2D eigenvalue weighted by atomic mass is 10.1. The molecule has 0 saturated heterocycles. The predicted molar refractivity (Wildman–Crippen MR) is 68.9 cm³/mol. The summed E-state index contributed by atoms with van der Waals surface area (Å²) in [7, 11) is 1.83. The number of hydrogen-bond donors (Lipinski definition) is 3. The first-order valence-corrected chi connectivity index (χ1v) is 5.54. The molecule has 0 radical (unpaired) electrons. The summed E-state index contributed by atoms with van der Waals surface area (Å²) >= 11 is 0. The number of likely N-dealkylation sites (N-methyl/N-ethyl adjacent to an activating group) is 1. The number of nitrogen functional groups attached to an aromatic ring is 1. The molecule has 0 saturated carbocycles. The van der Waals surface area contributed by atoms with Crippen LogP contribution in [0.2, 0.25) is 0 Å². The zero-order valence-corrected chi connectivity index (χ0v) is 10.5. The maximum Gasteiger partial charge on any atom is 0.269 e. The van der Waals surface area contributed by atoms with Gasteiger partial charge in [0.2, 0.25) is 0 Å². The Balaban J connectivity index is 2.90. The molecule has 1 aromatic carbocycles. The highest BCUT2D eigenvalue weighted by Crippen LogP contribution is 2.22. The number of nitrogens with two attached hydrogens (primary N) is 1. The van der Waals surface area contributed by atoms with Gasteiger partial charge in [-0.3, -0.25) is 20.9 Å². The fraction of sp³-hybridized carbons (Fsp3) is 0.455. The van der Waals surface area contributed by atoms with Gasteiger partial charge in [-0.25, -0.2) is 0 Å². The van der Waals surface area contributed by atoms with Crippen LogP contribution in [0.15, 0.2) is 18.2 Å². The number of hydrogen-bond acceptors (Lipinski definition) is 6. The summed E-state index contributed by atoms with van der Waals surface area (Å²) in [6, 6.07) is 4.45. The molecule has 7 nitrogen and oxygen atoms in total. The molecule has 1 atom stereocenters. The molecule has 1 rings (SSSR count). The van der Waals surface area contributed by atoms with E-state index in [1.54, 1.807) is 13.0 Å². The summed E-state index contributed by atoms with van der Waals surface area (Å²) < 4.78 is 0. The van der Waals surface area contributed by atoms with Crippen LogP contribution >= 0.6 is 0 Å². The van der Waals surface area contributed by atoms with E-state index in [0.29, 0.717) is 18.8 Å². The number of nitrogens with one attached hydrogen (secondary N) is 1. The quantitative estimate of drug-likeness (QED) is 0.392. The molecule has 0 bridgehead atoms. The topological polar surface area (TPSA) is 105 Å². The Morgan fingerprint density at radius 2 is 2.28 bits per heavy atom. The molecule has 0 fully saturated rings. The molecule has 0 aliphatic rings. The van der Waals surface area contributed by atoms with Gasteiger partial charge in [-0.05, 0) is 25.6 Å². The summed E-state index contributed by atoms with van der Waals surface area (Å²) in [5.74, 6) is 5.37. The number of hydrazine groups is 1. The number of aliphatic hydroxyl groups excluding tert-OH is 1. The Hall–Kier alpha value is -1.70. The van der Waals surface area contributed by atoms with Crippen molar-refractivity contribution in [3.05, 3.63) is 33.9 Å². The number of benzene rings is 1. The smallest absolute Gasteiger partial charge is 0.269 e. The van der Waals surface area contributed by atoms with Gasteiger partial charge in [0, 0.05) is 25.2 Å². The molecule has 0 spiro atoms. The van der Waals surface area contributed by atoms with Gasteiger partial charge in [-0.1, -0.05) is 0 Å². The average molecular weight is 254 g/mol. The number of rotatable bonds is 6. The van der Waals surface area contributed by atoms with Gasteiger partial charge in [-0.15, -0.1) is 0 Å². The zero-order valence-electron chi connectivity index (χ0n) is 10.5. The third-order valence-corrected chi connectivity index (χ3v) is 2.47. The van der Waals surface area contributed by atoms with Gasteiger partial charge in [0.1, 0.15) is 0 Å². The summed E-state index contributed by atoms with van der Waals surface area (Å²) in [5.41, 5.74) is 3.89. The lowest BCUT2D eigenvalue weighted by Gasteiger charge is -2.19. The molecule has 100 valence electrons. The zero-order chi connectivity index (χ0) is 13.7. The van der Waals surface area contributed by atoms with Crippen molar-refractivity contribution in [3.8, 4) is 0 Å². The molecule has 0 aliphatic carbocycles. The highest BCUT2D eigenvalue weighted by atomic mass is 16.6. The van der Waals surface area contributed by atoms with Gasteiger partial charge in [0.05, 0.1) is 16.7 Å². The molecular formula is C11H18N4O3. The van der Waals surface area contributed by atoms with Crippen LogP contribution in [0.3, 0.4) is 0 Å². The van der Waals surface area contributed by atoms with E-state index < -0.39 is 11.0 Å². The second-order valence-corrected chi connectivity index (χ2v) is 4.29. The number of nitrogens with zero attached hydrogens (tertiary/aromatic N) is 2.